The van der Waals surface area contributed by atoms with Gasteiger partial charge in [0, 0.05) is 23.5 Å². The zero-order chi connectivity index (χ0) is 12.6. The topological polar surface area (TPSA) is 24.6 Å². The van der Waals surface area contributed by atoms with Crippen molar-refractivity contribution in [3.8, 4) is 0 Å². The molecule has 90 valence electrons. The molecule has 1 atom stereocenters. The quantitative estimate of drug-likeness (QED) is 0.809. The SMILES string of the molecule is CC1(O)C=CC=C(c2cc3ccccn3c2)C=C1. The fourth-order valence-corrected chi connectivity index (χ4v) is 2.12. The molecule has 2 aromatic rings. The molecule has 18 heavy (non-hydrogen) atoms. The van der Waals surface area contributed by atoms with Gasteiger partial charge in [0.2, 0.25) is 0 Å². The minimum atomic E-state index is -0.864. The predicted molar refractivity (Wildman–Crippen MR) is 74.3 cm³/mol. The summed E-state index contributed by atoms with van der Waals surface area (Å²) in [6.07, 6.45) is 13.6. The Balaban J connectivity index is 2.05. The summed E-state index contributed by atoms with van der Waals surface area (Å²) >= 11 is 0. The Morgan fingerprint density at radius 1 is 1.22 bits per heavy atom. The van der Waals surface area contributed by atoms with Crippen molar-refractivity contribution in [3.05, 3.63) is 72.6 Å². The van der Waals surface area contributed by atoms with Gasteiger partial charge < -0.3 is 9.51 Å². The van der Waals surface area contributed by atoms with Gasteiger partial charge >= 0.3 is 0 Å². The van der Waals surface area contributed by atoms with Gasteiger partial charge in [-0.1, -0.05) is 24.3 Å². The molecule has 0 bridgehead atoms. The second kappa shape index (κ2) is 4.00. The average Bonchev–Trinajstić information content (AvgIpc) is 2.68. The lowest BCUT2D eigenvalue weighted by molar-refractivity contribution is 0.164. The maximum Gasteiger partial charge on any atom is 0.0986 e. The van der Waals surface area contributed by atoms with Gasteiger partial charge in [-0.25, -0.2) is 0 Å². The van der Waals surface area contributed by atoms with E-state index in [2.05, 4.69) is 22.7 Å². The average molecular weight is 237 g/mol. The van der Waals surface area contributed by atoms with Crippen LogP contribution in [-0.4, -0.2) is 15.1 Å². The molecule has 0 saturated carbocycles. The fraction of sp³-hybridized carbons (Fsp3) is 0.125. The molecule has 0 radical (unpaired) electrons. The highest BCUT2D eigenvalue weighted by molar-refractivity contribution is 5.78. The van der Waals surface area contributed by atoms with E-state index in [1.165, 1.54) is 5.52 Å². The normalized spacial score (nSPS) is 23.1. The van der Waals surface area contributed by atoms with Gasteiger partial charge in [0.25, 0.3) is 0 Å². The number of allylic oxidation sites excluding steroid dienone is 4. The van der Waals surface area contributed by atoms with E-state index in [-0.39, 0.29) is 0 Å². The maximum atomic E-state index is 9.95. The highest BCUT2D eigenvalue weighted by Crippen LogP contribution is 2.23. The lowest BCUT2D eigenvalue weighted by Gasteiger charge is -2.11. The van der Waals surface area contributed by atoms with Crippen molar-refractivity contribution in [2.45, 2.75) is 12.5 Å². The van der Waals surface area contributed by atoms with Crippen molar-refractivity contribution in [3.63, 3.8) is 0 Å². The molecule has 2 heterocycles. The fourth-order valence-electron chi connectivity index (χ4n) is 2.12. The van der Waals surface area contributed by atoms with Crippen molar-refractivity contribution in [1.29, 1.82) is 0 Å². The number of fused-ring (bicyclic) bond motifs is 1. The van der Waals surface area contributed by atoms with E-state index < -0.39 is 5.60 Å². The molecular formula is C16H15NO. The number of rotatable bonds is 1. The second-order valence-electron chi connectivity index (χ2n) is 4.80. The Kier molecular flexibility index (Phi) is 2.46. The summed E-state index contributed by atoms with van der Waals surface area (Å²) in [7, 11) is 0. The van der Waals surface area contributed by atoms with Crippen LogP contribution in [0.15, 0.2) is 67.0 Å². The minimum Gasteiger partial charge on any atom is -0.382 e. The van der Waals surface area contributed by atoms with E-state index in [9.17, 15) is 5.11 Å². The van der Waals surface area contributed by atoms with Crippen LogP contribution in [0.4, 0.5) is 0 Å². The first-order valence-electron chi connectivity index (χ1n) is 6.02. The maximum absolute atomic E-state index is 9.95. The van der Waals surface area contributed by atoms with Crippen molar-refractivity contribution in [2.24, 2.45) is 0 Å². The lowest BCUT2D eigenvalue weighted by Crippen LogP contribution is -2.15. The lowest BCUT2D eigenvalue weighted by atomic mass is 10.1. The molecule has 0 aromatic carbocycles. The molecule has 2 nitrogen and oxygen atoms in total. The van der Waals surface area contributed by atoms with Crippen LogP contribution in [0, 0.1) is 0 Å². The second-order valence-corrected chi connectivity index (χ2v) is 4.80. The van der Waals surface area contributed by atoms with Gasteiger partial charge in [-0.15, -0.1) is 0 Å². The zero-order valence-electron chi connectivity index (χ0n) is 10.2. The molecule has 0 amide bonds. The number of hydrogen-bond donors (Lipinski definition) is 1. The number of hydrogen-bond acceptors (Lipinski definition) is 1. The van der Waals surface area contributed by atoms with Crippen LogP contribution >= 0.6 is 0 Å². The summed E-state index contributed by atoms with van der Waals surface area (Å²) in [5, 5.41) is 9.95. The molecule has 2 heteroatoms. The van der Waals surface area contributed by atoms with Crippen molar-refractivity contribution >= 4 is 11.1 Å². The Morgan fingerprint density at radius 3 is 2.94 bits per heavy atom. The van der Waals surface area contributed by atoms with Gasteiger partial charge in [0.05, 0.1) is 5.60 Å². The summed E-state index contributed by atoms with van der Waals surface area (Å²) in [6, 6.07) is 8.26. The molecule has 1 aliphatic rings. The van der Waals surface area contributed by atoms with E-state index in [4.69, 9.17) is 0 Å². The first kappa shape index (κ1) is 11.1. The highest BCUT2D eigenvalue weighted by atomic mass is 16.3. The van der Waals surface area contributed by atoms with E-state index in [0.717, 1.165) is 11.1 Å². The number of aromatic nitrogens is 1. The Hall–Kier alpha value is -2.06. The van der Waals surface area contributed by atoms with E-state index in [1.54, 1.807) is 13.0 Å². The summed E-state index contributed by atoms with van der Waals surface area (Å²) in [6.45, 7) is 1.77. The predicted octanol–water partition coefficient (Wildman–Crippen LogP) is 3.20. The first-order chi connectivity index (χ1) is 8.64. The monoisotopic (exact) mass is 237 g/mol. The molecule has 2 aromatic heterocycles. The molecule has 0 aliphatic heterocycles. The Labute approximate surface area is 106 Å². The largest absolute Gasteiger partial charge is 0.382 e. The van der Waals surface area contributed by atoms with Gasteiger partial charge in [-0.3, -0.25) is 0 Å². The minimum absolute atomic E-state index is 0.864. The number of aliphatic hydroxyl groups is 1. The van der Waals surface area contributed by atoms with Gasteiger partial charge in [0.15, 0.2) is 0 Å². The van der Waals surface area contributed by atoms with Gasteiger partial charge in [-0.05, 0) is 42.8 Å². The van der Waals surface area contributed by atoms with Crippen LogP contribution < -0.4 is 0 Å². The Morgan fingerprint density at radius 2 is 2.11 bits per heavy atom. The molecule has 0 saturated heterocycles. The van der Waals surface area contributed by atoms with Crippen LogP contribution in [0.2, 0.25) is 0 Å². The smallest absolute Gasteiger partial charge is 0.0986 e. The molecule has 0 fully saturated rings. The Bertz CT molecular complexity index is 638. The van der Waals surface area contributed by atoms with Gasteiger partial charge in [-0.2, -0.15) is 0 Å². The van der Waals surface area contributed by atoms with Crippen LogP contribution in [-0.2, 0) is 0 Å². The van der Waals surface area contributed by atoms with Crippen molar-refractivity contribution < 1.29 is 5.11 Å². The third-order valence-corrected chi connectivity index (χ3v) is 3.15. The molecule has 1 unspecified atom stereocenters. The van der Waals surface area contributed by atoms with Crippen LogP contribution in [0.3, 0.4) is 0 Å². The van der Waals surface area contributed by atoms with Crippen LogP contribution in [0.25, 0.3) is 11.1 Å². The van der Waals surface area contributed by atoms with Gasteiger partial charge in [0.1, 0.15) is 0 Å². The summed E-state index contributed by atoms with van der Waals surface area (Å²) in [5.74, 6) is 0. The van der Waals surface area contributed by atoms with E-state index in [1.807, 2.05) is 42.6 Å². The summed E-state index contributed by atoms with van der Waals surface area (Å²) < 4.78 is 2.09. The highest BCUT2D eigenvalue weighted by Gasteiger charge is 2.13. The van der Waals surface area contributed by atoms with Crippen LogP contribution in [0.5, 0.6) is 0 Å². The molecule has 3 rings (SSSR count). The summed E-state index contributed by atoms with van der Waals surface area (Å²) in [4.78, 5) is 0. The van der Waals surface area contributed by atoms with E-state index in [0.29, 0.717) is 0 Å². The van der Waals surface area contributed by atoms with Crippen LogP contribution in [0.1, 0.15) is 12.5 Å². The zero-order valence-corrected chi connectivity index (χ0v) is 10.2. The first-order valence-corrected chi connectivity index (χ1v) is 6.02. The molecule has 0 spiro atoms. The van der Waals surface area contributed by atoms with E-state index >= 15 is 0 Å². The number of nitrogens with zero attached hydrogens (tertiary/aromatic N) is 1. The van der Waals surface area contributed by atoms with Crippen molar-refractivity contribution in [2.75, 3.05) is 0 Å². The third-order valence-electron chi connectivity index (χ3n) is 3.15. The summed E-state index contributed by atoms with van der Waals surface area (Å²) in [5.41, 5.74) is 2.56. The molecule has 1 aliphatic carbocycles. The molecular weight excluding hydrogens is 222 g/mol. The number of pyridine rings is 1. The molecule has 1 N–H and O–H groups in total. The van der Waals surface area contributed by atoms with Crippen molar-refractivity contribution in [1.82, 2.24) is 4.40 Å². The third kappa shape index (κ3) is 2.03. The standard InChI is InChI=1S/C16H15NO/c1-16(18)8-4-5-13(7-9-16)14-11-15-6-2-3-10-17(15)12-14/h2-12,18H,1H3.